The van der Waals surface area contributed by atoms with Crippen molar-refractivity contribution in [2.45, 2.75) is 41.0 Å². The molecule has 2 rings (SSSR count). The number of nitrogens with one attached hydrogen (secondary N) is 1. The molecule has 0 saturated heterocycles. The second-order valence-corrected chi connectivity index (χ2v) is 6.19. The highest BCUT2D eigenvalue weighted by molar-refractivity contribution is 5.78. The molecule has 108 valence electrons. The third kappa shape index (κ3) is 2.42. The minimum atomic E-state index is -0.808. The van der Waals surface area contributed by atoms with E-state index < -0.39 is 11.4 Å². The monoisotopic (exact) mass is 274 g/mol. The molecule has 1 aromatic carbocycles. The summed E-state index contributed by atoms with van der Waals surface area (Å²) in [6.45, 7) is 9.77. The minimum Gasteiger partial charge on any atom is -0.481 e. The predicted molar refractivity (Wildman–Crippen MR) is 79.9 cm³/mol. The van der Waals surface area contributed by atoms with E-state index in [0.29, 0.717) is 6.42 Å². The molecule has 0 aliphatic carbocycles. The van der Waals surface area contributed by atoms with Crippen molar-refractivity contribution in [2.75, 3.05) is 0 Å². The number of aliphatic carboxylic acids is 1. The predicted octanol–water partition coefficient (Wildman–Crippen LogP) is 3.47. The summed E-state index contributed by atoms with van der Waals surface area (Å²) in [5.74, 6) is 0.000557. The highest BCUT2D eigenvalue weighted by Gasteiger charge is 2.37. The van der Waals surface area contributed by atoms with Crippen LogP contribution in [-0.4, -0.2) is 21.0 Å². The van der Waals surface area contributed by atoms with E-state index in [1.165, 1.54) is 11.1 Å². The Balaban J connectivity index is 2.41. The lowest BCUT2D eigenvalue weighted by Gasteiger charge is -2.27. The third-order valence-corrected chi connectivity index (χ3v) is 4.44. The molecule has 2 N–H and O–H groups in total. The van der Waals surface area contributed by atoms with Gasteiger partial charge in [-0.1, -0.05) is 13.8 Å². The van der Waals surface area contributed by atoms with Crippen molar-refractivity contribution in [3.05, 3.63) is 29.1 Å². The van der Waals surface area contributed by atoms with Crippen molar-refractivity contribution in [1.82, 2.24) is 9.97 Å². The lowest BCUT2D eigenvalue weighted by Crippen LogP contribution is -2.35. The van der Waals surface area contributed by atoms with E-state index in [1.54, 1.807) is 6.92 Å². The smallest absolute Gasteiger partial charge is 0.310 e. The number of hydrogen-bond acceptors (Lipinski definition) is 2. The van der Waals surface area contributed by atoms with Crippen LogP contribution in [0.3, 0.4) is 0 Å². The Morgan fingerprint density at radius 3 is 2.50 bits per heavy atom. The zero-order valence-electron chi connectivity index (χ0n) is 12.7. The van der Waals surface area contributed by atoms with Crippen LogP contribution in [0.4, 0.5) is 0 Å². The highest BCUT2D eigenvalue weighted by Crippen LogP contribution is 2.31. The Kier molecular flexibility index (Phi) is 3.59. The van der Waals surface area contributed by atoms with Gasteiger partial charge >= 0.3 is 5.97 Å². The summed E-state index contributed by atoms with van der Waals surface area (Å²) in [4.78, 5) is 19.3. The number of hydrogen-bond donors (Lipinski definition) is 2. The maximum Gasteiger partial charge on any atom is 0.310 e. The second kappa shape index (κ2) is 4.93. The zero-order chi connectivity index (χ0) is 15.1. The fraction of sp³-hybridized carbons (Fsp3) is 0.500. The van der Waals surface area contributed by atoms with Gasteiger partial charge < -0.3 is 10.1 Å². The average molecular weight is 274 g/mol. The molecule has 0 fully saturated rings. The van der Waals surface area contributed by atoms with E-state index >= 15 is 0 Å². The maximum absolute atomic E-state index is 11.5. The van der Waals surface area contributed by atoms with Crippen molar-refractivity contribution in [2.24, 2.45) is 11.3 Å². The lowest BCUT2D eigenvalue weighted by atomic mass is 9.76. The van der Waals surface area contributed by atoms with Crippen molar-refractivity contribution < 1.29 is 9.90 Å². The summed E-state index contributed by atoms with van der Waals surface area (Å²) >= 11 is 0. The number of carboxylic acid groups (broad SMARTS) is 1. The van der Waals surface area contributed by atoms with Crippen molar-refractivity contribution in [3.63, 3.8) is 0 Å². The number of carbonyl (C=O) groups is 1. The van der Waals surface area contributed by atoms with Gasteiger partial charge in [0.2, 0.25) is 0 Å². The molecular formula is C16H22N2O2. The van der Waals surface area contributed by atoms with E-state index in [2.05, 4.69) is 29.9 Å². The van der Waals surface area contributed by atoms with Gasteiger partial charge in [0.15, 0.2) is 0 Å². The molecule has 0 aliphatic heterocycles. The first-order valence-corrected chi connectivity index (χ1v) is 6.93. The quantitative estimate of drug-likeness (QED) is 0.897. The Labute approximate surface area is 119 Å². The van der Waals surface area contributed by atoms with Crippen LogP contribution in [0.15, 0.2) is 12.1 Å². The van der Waals surface area contributed by atoms with Gasteiger partial charge in [-0.15, -0.1) is 0 Å². The first-order chi connectivity index (χ1) is 9.24. The van der Waals surface area contributed by atoms with Crippen LogP contribution in [0.1, 0.15) is 37.7 Å². The number of imidazole rings is 1. The number of aromatic amines is 1. The number of aryl methyl sites for hydroxylation is 2. The first kappa shape index (κ1) is 14.6. The van der Waals surface area contributed by atoms with Gasteiger partial charge in [-0.3, -0.25) is 4.79 Å². The highest BCUT2D eigenvalue weighted by atomic mass is 16.4. The van der Waals surface area contributed by atoms with Crippen LogP contribution < -0.4 is 0 Å². The van der Waals surface area contributed by atoms with E-state index in [1.807, 2.05) is 19.9 Å². The van der Waals surface area contributed by atoms with Crippen LogP contribution in [0.2, 0.25) is 0 Å². The zero-order valence-corrected chi connectivity index (χ0v) is 12.7. The molecular weight excluding hydrogens is 252 g/mol. The SMILES string of the molecule is Cc1cc2nc(CC(C)(C(=O)O)C(C)C)[nH]c2cc1C. The molecule has 4 nitrogen and oxygen atoms in total. The number of aromatic nitrogens is 2. The number of benzene rings is 1. The molecule has 0 bridgehead atoms. The first-order valence-electron chi connectivity index (χ1n) is 6.93. The van der Waals surface area contributed by atoms with Crippen LogP contribution in [-0.2, 0) is 11.2 Å². The second-order valence-electron chi connectivity index (χ2n) is 6.19. The molecule has 0 spiro atoms. The molecule has 4 heteroatoms. The molecule has 1 unspecified atom stereocenters. The molecule has 1 aromatic heterocycles. The molecule has 0 aliphatic rings. The van der Waals surface area contributed by atoms with Gasteiger partial charge in [0.05, 0.1) is 16.4 Å². The standard InChI is InChI=1S/C16H22N2O2/c1-9(2)16(5,15(19)20)8-14-17-12-6-10(3)11(4)7-13(12)18-14/h6-7,9H,8H2,1-5H3,(H,17,18)(H,19,20). The van der Waals surface area contributed by atoms with E-state index in [9.17, 15) is 9.90 Å². The Bertz CT molecular complexity index is 619. The van der Waals surface area contributed by atoms with E-state index in [-0.39, 0.29) is 5.92 Å². The van der Waals surface area contributed by atoms with E-state index in [4.69, 9.17) is 0 Å². The average Bonchev–Trinajstić information content (AvgIpc) is 2.70. The van der Waals surface area contributed by atoms with Gasteiger partial charge in [-0.05, 0) is 49.9 Å². The summed E-state index contributed by atoms with van der Waals surface area (Å²) in [6, 6.07) is 4.10. The number of rotatable bonds is 4. The topological polar surface area (TPSA) is 66.0 Å². The fourth-order valence-electron chi connectivity index (χ4n) is 2.28. The molecule has 1 atom stereocenters. The molecule has 2 aromatic rings. The Morgan fingerprint density at radius 1 is 1.35 bits per heavy atom. The molecule has 20 heavy (non-hydrogen) atoms. The van der Waals surface area contributed by atoms with Crippen LogP contribution in [0.25, 0.3) is 11.0 Å². The minimum absolute atomic E-state index is 0.0386. The summed E-state index contributed by atoms with van der Waals surface area (Å²) < 4.78 is 0. The van der Waals surface area contributed by atoms with Crippen molar-refractivity contribution in [3.8, 4) is 0 Å². The molecule has 0 amide bonds. The summed E-state index contributed by atoms with van der Waals surface area (Å²) in [6.07, 6.45) is 0.409. The third-order valence-electron chi connectivity index (χ3n) is 4.44. The Morgan fingerprint density at radius 2 is 1.95 bits per heavy atom. The number of carboxylic acids is 1. The van der Waals surface area contributed by atoms with Crippen molar-refractivity contribution in [1.29, 1.82) is 0 Å². The summed E-state index contributed by atoms with van der Waals surface area (Å²) in [7, 11) is 0. The number of fused-ring (bicyclic) bond motifs is 1. The Hall–Kier alpha value is -1.84. The number of H-pyrrole nitrogens is 1. The van der Waals surface area contributed by atoms with Crippen molar-refractivity contribution >= 4 is 17.0 Å². The molecule has 0 saturated carbocycles. The van der Waals surface area contributed by atoms with Gasteiger partial charge in [0.1, 0.15) is 5.82 Å². The lowest BCUT2D eigenvalue weighted by molar-refractivity contribution is -0.150. The van der Waals surface area contributed by atoms with Gasteiger partial charge in [-0.2, -0.15) is 0 Å². The van der Waals surface area contributed by atoms with Crippen LogP contribution >= 0.6 is 0 Å². The number of nitrogens with zero attached hydrogens (tertiary/aromatic N) is 1. The van der Waals surface area contributed by atoms with E-state index in [0.717, 1.165) is 16.9 Å². The fourth-order valence-corrected chi connectivity index (χ4v) is 2.28. The van der Waals surface area contributed by atoms with Gasteiger partial charge in [-0.25, -0.2) is 4.98 Å². The normalized spacial score (nSPS) is 14.7. The summed E-state index contributed by atoms with van der Waals surface area (Å²) in [5.41, 5.74) is 3.47. The maximum atomic E-state index is 11.5. The largest absolute Gasteiger partial charge is 0.481 e. The van der Waals surface area contributed by atoms with Gasteiger partial charge in [0.25, 0.3) is 0 Å². The molecule has 1 heterocycles. The van der Waals surface area contributed by atoms with Crippen LogP contribution in [0, 0.1) is 25.2 Å². The summed E-state index contributed by atoms with van der Waals surface area (Å²) in [5, 5.41) is 9.49. The molecule has 0 radical (unpaired) electrons. The van der Waals surface area contributed by atoms with Gasteiger partial charge in [0, 0.05) is 6.42 Å². The van der Waals surface area contributed by atoms with Crippen LogP contribution in [0.5, 0.6) is 0 Å².